The normalized spacial score (nSPS) is 22.8. The van der Waals surface area contributed by atoms with Gasteiger partial charge in [0, 0.05) is 38.0 Å². The Morgan fingerprint density at radius 3 is 2.28 bits per heavy atom. The summed E-state index contributed by atoms with van der Waals surface area (Å²) in [5.41, 5.74) is -0.618. The van der Waals surface area contributed by atoms with Gasteiger partial charge in [-0.15, -0.1) is 11.8 Å². The highest BCUT2D eigenvalue weighted by atomic mass is 35.5. The molecule has 3 rings (SSSR count). The van der Waals surface area contributed by atoms with Gasteiger partial charge in [-0.3, -0.25) is 14.4 Å². The molecular weight excluding hydrogens is 464 g/mol. The van der Waals surface area contributed by atoms with Crippen molar-refractivity contribution < 1.29 is 37.7 Å². The first kappa shape index (κ1) is 23.9. The van der Waals surface area contributed by atoms with Gasteiger partial charge in [0.05, 0.1) is 0 Å². The van der Waals surface area contributed by atoms with Crippen molar-refractivity contribution in [1.29, 1.82) is 0 Å². The second-order valence-electron chi connectivity index (χ2n) is 7.10. The SMILES string of the molecule is CC(=O)O[C@@H]1[C@@H](OC(C)=O)[C@@H](Oc2ccc3c(C)c(Cl)c(=O)oc3c2)SC[C@H]1OC(C)=O. The van der Waals surface area contributed by atoms with E-state index in [1.54, 1.807) is 19.1 Å². The van der Waals surface area contributed by atoms with Crippen molar-refractivity contribution in [2.45, 2.75) is 51.4 Å². The highest BCUT2D eigenvalue weighted by Gasteiger charge is 2.47. The Balaban J connectivity index is 1.93. The third-order valence-electron chi connectivity index (χ3n) is 4.63. The van der Waals surface area contributed by atoms with E-state index in [0.717, 1.165) is 0 Å². The molecule has 0 radical (unpaired) electrons. The molecule has 0 amide bonds. The maximum atomic E-state index is 11.9. The molecule has 1 aromatic carbocycles. The van der Waals surface area contributed by atoms with Crippen LogP contribution in [-0.2, 0) is 28.6 Å². The Bertz CT molecular complexity index is 1110. The molecule has 0 bridgehead atoms. The fourth-order valence-corrected chi connectivity index (χ4v) is 4.69. The Labute approximate surface area is 192 Å². The number of aryl methyl sites for hydroxylation is 1. The van der Waals surface area contributed by atoms with Crippen molar-refractivity contribution in [3.63, 3.8) is 0 Å². The van der Waals surface area contributed by atoms with Crippen LogP contribution in [0.2, 0.25) is 5.02 Å². The number of thioether (sulfide) groups is 1. The number of fused-ring (bicyclic) bond motifs is 1. The van der Waals surface area contributed by atoms with Crippen LogP contribution in [-0.4, -0.2) is 47.4 Å². The molecule has 0 spiro atoms. The average molecular weight is 485 g/mol. The van der Waals surface area contributed by atoms with Crippen molar-refractivity contribution in [2.75, 3.05) is 5.75 Å². The van der Waals surface area contributed by atoms with E-state index < -0.39 is 47.3 Å². The molecule has 9 nitrogen and oxygen atoms in total. The van der Waals surface area contributed by atoms with Gasteiger partial charge in [0.2, 0.25) is 0 Å². The molecular formula is C21H21ClO9S. The van der Waals surface area contributed by atoms with Crippen LogP contribution in [0.15, 0.2) is 27.4 Å². The minimum Gasteiger partial charge on any atom is -0.476 e. The van der Waals surface area contributed by atoms with E-state index in [0.29, 0.717) is 16.7 Å². The molecule has 0 unspecified atom stereocenters. The molecule has 1 saturated heterocycles. The van der Waals surface area contributed by atoms with E-state index in [1.165, 1.54) is 38.6 Å². The van der Waals surface area contributed by atoms with E-state index in [2.05, 4.69) is 0 Å². The Morgan fingerprint density at radius 1 is 1.03 bits per heavy atom. The first-order valence-corrected chi connectivity index (χ1v) is 11.0. The lowest BCUT2D eigenvalue weighted by Crippen LogP contribution is -2.55. The number of rotatable bonds is 5. The zero-order chi connectivity index (χ0) is 23.6. The predicted octanol–water partition coefficient (Wildman–Crippen LogP) is 3.00. The highest BCUT2D eigenvalue weighted by Crippen LogP contribution is 2.35. The first-order valence-electron chi connectivity index (χ1n) is 9.59. The second-order valence-corrected chi connectivity index (χ2v) is 8.61. The molecule has 32 heavy (non-hydrogen) atoms. The van der Waals surface area contributed by atoms with Gasteiger partial charge in [-0.1, -0.05) is 11.6 Å². The van der Waals surface area contributed by atoms with Crippen LogP contribution < -0.4 is 10.4 Å². The minimum absolute atomic E-state index is 0.00432. The molecule has 1 aromatic heterocycles. The molecule has 0 aliphatic carbocycles. The summed E-state index contributed by atoms with van der Waals surface area (Å²) >= 11 is 7.18. The Hall–Kier alpha value is -2.72. The molecule has 1 aliphatic heterocycles. The van der Waals surface area contributed by atoms with Crippen molar-refractivity contribution >= 4 is 52.2 Å². The van der Waals surface area contributed by atoms with Crippen LogP contribution in [0.25, 0.3) is 11.0 Å². The van der Waals surface area contributed by atoms with Crippen LogP contribution >= 0.6 is 23.4 Å². The van der Waals surface area contributed by atoms with Crippen LogP contribution in [0.1, 0.15) is 26.3 Å². The lowest BCUT2D eigenvalue weighted by Gasteiger charge is -2.39. The standard InChI is InChI=1S/C21H21ClO9S/c1-9-14-6-5-13(7-15(14)31-20(26)17(9)22)30-21-19(29-12(4)25)18(28-11(3)24)16(8-32-21)27-10(2)23/h5-7,16,18-19,21H,8H2,1-4H3/t16-,18+,19-,21+/m1/s1. The molecule has 0 saturated carbocycles. The van der Waals surface area contributed by atoms with Gasteiger partial charge in [0.15, 0.2) is 23.7 Å². The van der Waals surface area contributed by atoms with E-state index in [9.17, 15) is 19.2 Å². The molecule has 4 atom stereocenters. The van der Waals surface area contributed by atoms with E-state index in [-0.39, 0.29) is 16.4 Å². The highest BCUT2D eigenvalue weighted by molar-refractivity contribution is 7.99. The summed E-state index contributed by atoms with van der Waals surface area (Å²) in [6, 6.07) is 4.86. The number of halogens is 1. The maximum absolute atomic E-state index is 11.9. The zero-order valence-corrected chi connectivity index (χ0v) is 19.3. The maximum Gasteiger partial charge on any atom is 0.355 e. The van der Waals surface area contributed by atoms with Gasteiger partial charge in [-0.05, 0) is 24.6 Å². The van der Waals surface area contributed by atoms with Crippen molar-refractivity contribution in [2.24, 2.45) is 0 Å². The lowest BCUT2D eigenvalue weighted by molar-refractivity contribution is -0.186. The monoisotopic (exact) mass is 484 g/mol. The van der Waals surface area contributed by atoms with Crippen LogP contribution in [0.5, 0.6) is 5.75 Å². The second kappa shape index (κ2) is 9.83. The van der Waals surface area contributed by atoms with Crippen molar-refractivity contribution in [3.05, 3.63) is 39.2 Å². The molecule has 2 aromatic rings. The van der Waals surface area contributed by atoms with Gasteiger partial charge in [0.1, 0.15) is 16.4 Å². The fraction of sp³-hybridized carbons (Fsp3) is 0.429. The van der Waals surface area contributed by atoms with Crippen LogP contribution in [0.3, 0.4) is 0 Å². The summed E-state index contributed by atoms with van der Waals surface area (Å²) in [6.45, 7) is 5.34. The molecule has 1 aliphatic rings. The molecule has 11 heteroatoms. The van der Waals surface area contributed by atoms with Crippen molar-refractivity contribution in [1.82, 2.24) is 0 Å². The summed E-state index contributed by atoms with van der Waals surface area (Å²) in [5.74, 6) is -1.26. The smallest absolute Gasteiger partial charge is 0.355 e. The Morgan fingerprint density at radius 2 is 1.66 bits per heavy atom. The first-order chi connectivity index (χ1) is 15.1. The van der Waals surface area contributed by atoms with E-state index in [1.807, 2.05) is 0 Å². The number of hydrogen-bond donors (Lipinski definition) is 0. The number of benzene rings is 1. The quantitative estimate of drug-likeness (QED) is 0.356. The lowest BCUT2D eigenvalue weighted by atomic mass is 10.1. The van der Waals surface area contributed by atoms with Gasteiger partial charge in [-0.25, -0.2) is 4.79 Å². The van der Waals surface area contributed by atoms with Crippen molar-refractivity contribution in [3.8, 4) is 5.75 Å². The molecule has 0 N–H and O–H groups in total. The summed E-state index contributed by atoms with van der Waals surface area (Å²) in [4.78, 5) is 46.8. The number of ether oxygens (including phenoxy) is 4. The fourth-order valence-electron chi connectivity index (χ4n) is 3.33. The van der Waals surface area contributed by atoms with E-state index in [4.69, 9.17) is 35.0 Å². The third kappa shape index (κ3) is 5.36. The van der Waals surface area contributed by atoms with Gasteiger partial charge in [-0.2, -0.15) is 0 Å². The summed E-state index contributed by atoms with van der Waals surface area (Å²) in [6.07, 6.45) is -2.95. The minimum atomic E-state index is -1.06. The Kier molecular flexibility index (Phi) is 7.35. The van der Waals surface area contributed by atoms with Gasteiger partial charge in [0.25, 0.3) is 0 Å². The van der Waals surface area contributed by atoms with E-state index >= 15 is 0 Å². The van der Waals surface area contributed by atoms with Gasteiger partial charge >= 0.3 is 23.5 Å². The van der Waals surface area contributed by atoms with Gasteiger partial charge < -0.3 is 23.4 Å². The summed E-state index contributed by atoms with van der Waals surface area (Å²) in [7, 11) is 0. The molecule has 1 fully saturated rings. The number of hydrogen-bond acceptors (Lipinski definition) is 10. The summed E-state index contributed by atoms with van der Waals surface area (Å²) in [5, 5.41) is 0.646. The number of esters is 3. The molecule has 172 valence electrons. The zero-order valence-electron chi connectivity index (χ0n) is 17.7. The number of carbonyl (C=O) groups excluding carboxylic acids is 3. The van der Waals surface area contributed by atoms with Crippen LogP contribution in [0.4, 0.5) is 0 Å². The summed E-state index contributed by atoms with van der Waals surface area (Å²) < 4.78 is 27.3. The predicted molar refractivity (Wildman–Crippen MR) is 116 cm³/mol. The third-order valence-corrected chi connectivity index (χ3v) is 6.28. The average Bonchev–Trinajstić information content (AvgIpc) is 2.69. The number of carbonyl (C=O) groups is 3. The topological polar surface area (TPSA) is 118 Å². The van der Waals surface area contributed by atoms with Crippen LogP contribution in [0, 0.1) is 6.92 Å². The largest absolute Gasteiger partial charge is 0.476 e. The molecule has 2 heterocycles.